The maximum atomic E-state index is 12.7. The minimum Gasteiger partial charge on any atom is -0.497 e. The zero-order valence-corrected chi connectivity index (χ0v) is 18.3. The molecular formula is C24H27N5O3. The lowest BCUT2D eigenvalue weighted by Gasteiger charge is -2.15. The molecule has 0 fully saturated rings. The molecule has 3 aromatic rings. The number of unbranched alkanes of at least 4 members (excludes halogenated alkanes) is 1. The third-order valence-electron chi connectivity index (χ3n) is 4.84. The molecule has 2 N–H and O–H groups in total. The van der Waals surface area contributed by atoms with E-state index in [0.717, 1.165) is 24.2 Å². The Hall–Kier alpha value is -3.83. The van der Waals surface area contributed by atoms with Crippen LogP contribution in [0.25, 0.3) is 11.3 Å². The Bertz CT molecular complexity index is 1090. The van der Waals surface area contributed by atoms with Crippen molar-refractivity contribution in [2.24, 2.45) is 7.05 Å². The normalized spacial score (nSPS) is 10.4. The van der Waals surface area contributed by atoms with Crippen LogP contribution in [0, 0.1) is 11.3 Å². The number of amides is 1. The number of aryl methyl sites for hydroxylation is 1. The molecule has 2 aromatic carbocycles. The zero-order valence-electron chi connectivity index (χ0n) is 18.3. The zero-order chi connectivity index (χ0) is 22.8. The number of aromatic nitrogens is 2. The summed E-state index contributed by atoms with van der Waals surface area (Å²) in [6.07, 6.45) is 3.08. The average molecular weight is 434 g/mol. The van der Waals surface area contributed by atoms with Gasteiger partial charge in [0.25, 0.3) is 5.91 Å². The lowest BCUT2D eigenvalue weighted by Crippen LogP contribution is -2.22. The first-order chi connectivity index (χ1) is 15.6. The fourth-order valence-corrected chi connectivity index (χ4v) is 3.19. The first-order valence-corrected chi connectivity index (χ1v) is 10.4. The Labute approximate surface area is 187 Å². The van der Waals surface area contributed by atoms with E-state index in [1.54, 1.807) is 42.3 Å². The lowest BCUT2D eigenvalue weighted by molar-refractivity contribution is 0.102. The summed E-state index contributed by atoms with van der Waals surface area (Å²) >= 11 is 0. The van der Waals surface area contributed by atoms with Gasteiger partial charge in [-0.3, -0.25) is 9.48 Å². The average Bonchev–Trinajstić information content (AvgIpc) is 3.24. The molecule has 0 spiro atoms. The Morgan fingerprint density at radius 3 is 2.81 bits per heavy atom. The van der Waals surface area contributed by atoms with Crippen molar-refractivity contribution in [3.05, 3.63) is 60.3 Å². The molecule has 0 radical (unpaired) electrons. The monoisotopic (exact) mass is 433 g/mol. The second kappa shape index (κ2) is 11.5. The number of nitriles is 1. The van der Waals surface area contributed by atoms with E-state index in [-0.39, 0.29) is 5.91 Å². The van der Waals surface area contributed by atoms with Gasteiger partial charge in [0, 0.05) is 43.0 Å². The number of rotatable bonds is 11. The smallest absolute Gasteiger partial charge is 0.255 e. The number of methoxy groups -OCH3 is 1. The van der Waals surface area contributed by atoms with Gasteiger partial charge < -0.3 is 20.1 Å². The summed E-state index contributed by atoms with van der Waals surface area (Å²) in [5.74, 6) is 1.10. The second-order valence-corrected chi connectivity index (χ2v) is 7.10. The molecule has 0 aliphatic rings. The van der Waals surface area contributed by atoms with Gasteiger partial charge in [-0.1, -0.05) is 6.07 Å². The number of ether oxygens (including phenoxy) is 2. The number of hydrogen-bond donors (Lipinski definition) is 2. The van der Waals surface area contributed by atoms with Crippen LogP contribution in [0.3, 0.4) is 0 Å². The van der Waals surface area contributed by atoms with Crippen molar-refractivity contribution in [2.45, 2.75) is 12.8 Å². The van der Waals surface area contributed by atoms with Crippen molar-refractivity contribution in [1.29, 1.82) is 5.26 Å². The summed E-state index contributed by atoms with van der Waals surface area (Å²) < 4.78 is 13.0. The van der Waals surface area contributed by atoms with E-state index in [0.29, 0.717) is 42.3 Å². The molecule has 1 aromatic heterocycles. The Morgan fingerprint density at radius 2 is 2.06 bits per heavy atom. The maximum absolute atomic E-state index is 12.7. The summed E-state index contributed by atoms with van der Waals surface area (Å²) in [4.78, 5) is 12.7. The quantitative estimate of drug-likeness (QED) is 0.448. The van der Waals surface area contributed by atoms with Crippen LogP contribution in [0.1, 0.15) is 23.2 Å². The van der Waals surface area contributed by atoms with Crippen LogP contribution >= 0.6 is 0 Å². The highest BCUT2D eigenvalue weighted by Gasteiger charge is 2.14. The van der Waals surface area contributed by atoms with Gasteiger partial charge >= 0.3 is 0 Å². The van der Waals surface area contributed by atoms with Crippen LogP contribution in [-0.4, -0.2) is 42.5 Å². The van der Waals surface area contributed by atoms with Gasteiger partial charge in [0.15, 0.2) is 0 Å². The third kappa shape index (κ3) is 6.09. The van der Waals surface area contributed by atoms with Crippen LogP contribution in [0.4, 0.5) is 5.69 Å². The van der Waals surface area contributed by atoms with Gasteiger partial charge in [0.05, 0.1) is 18.9 Å². The van der Waals surface area contributed by atoms with Crippen molar-refractivity contribution in [3.8, 4) is 28.8 Å². The highest BCUT2D eigenvalue weighted by Crippen LogP contribution is 2.32. The molecule has 166 valence electrons. The summed E-state index contributed by atoms with van der Waals surface area (Å²) in [6.45, 7) is 1.93. The molecule has 0 unspecified atom stereocenters. The van der Waals surface area contributed by atoms with Crippen LogP contribution in [0.5, 0.6) is 11.5 Å². The molecule has 8 nitrogen and oxygen atoms in total. The number of carbonyl (C=O) groups excluding carboxylic acids is 1. The molecule has 1 amide bonds. The molecule has 0 aliphatic heterocycles. The van der Waals surface area contributed by atoms with Crippen molar-refractivity contribution in [2.75, 3.05) is 32.1 Å². The number of carbonyl (C=O) groups is 1. The Balaban J connectivity index is 1.72. The van der Waals surface area contributed by atoms with Gasteiger partial charge in [-0.15, -0.1) is 0 Å². The van der Waals surface area contributed by atoms with E-state index in [4.69, 9.17) is 14.7 Å². The van der Waals surface area contributed by atoms with Crippen LogP contribution in [0.15, 0.2) is 54.7 Å². The fourth-order valence-electron chi connectivity index (χ4n) is 3.19. The van der Waals surface area contributed by atoms with Crippen LogP contribution in [0.2, 0.25) is 0 Å². The van der Waals surface area contributed by atoms with Crippen molar-refractivity contribution in [3.63, 3.8) is 0 Å². The predicted octanol–water partition coefficient (Wildman–Crippen LogP) is 3.62. The van der Waals surface area contributed by atoms with E-state index < -0.39 is 0 Å². The van der Waals surface area contributed by atoms with E-state index in [9.17, 15) is 4.79 Å². The standard InChI is InChI=1S/C24H27N5O3/c1-29-22(10-13-27-29)21-17-19(28-24(30)18-6-5-7-20(16-18)31-2)8-9-23(21)32-15-14-26-12-4-3-11-25/h5-10,13,16-17,26H,3-4,12,14-15H2,1-2H3,(H,28,30). The molecule has 1 heterocycles. The van der Waals surface area contributed by atoms with Gasteiger partial charge in [0.2, 0.25) is 0 Å². The maximum Gasteiger partial charge on any atom is 0.255 e. The number of nitrogens with one attached hydrogen (secondary N) is 2. The minimum atomic E-state index is -0.227. The third-order valence-corrected chi connectivity index (χ3v) is 4.84. The SMILES string of the molecule is COc1cccc(C(=O)Nc2ccc(OCCNCCCC#N)c(-c3ccnn3C)c2)c1. The molecule has 8 heteroatoms. The summed E-state index contributed by atoms with van der Waals surface area (Å²) in [5.41, 5.74) is 2.86. The molecule has 32 heavy (non-hydrogen) atoms. The highest BCUT2D eigenvalue weighted by atomic mass is 16.5. The number of nitrogens with zero attached hydrogens (tertiary/aromatic N) is 3. The van der Waals surface area contributed by atoms with Crippen molar-refractivity contribution in [1.82, 2.24) is 15.1 Å². The summed E-state index contributed by atoms with van der Waals surface area (Å²) in [6, 6.07) is 16.6. The summed E-state index contributed by atoms with van der Waals surface area (Å²) in [7, 11) is 3.43. The van der Waals surface area contributed by atoms with Gasteiger partial charge in [-0.2, -0.15) is 10.4 Å². The van der Waals surface area contributed by atoms with Crippen LogP contribution < -0.4 is 20.1 Å². The summed E-state index contributed by atoms with van der Waals surface area (Å²) in [5, 5.41) is 19.0. The topological polar surface area (TPSA) is 101 Å². The second-order valence-electron chi connectivity index (χ2n) is 7.10. The first-order valence-electron chi connectivity index (χ1n) is 10.4. The van der Waals surface area contributed by atoms with E-state index in [1.165, 1.54) is 0 Å². The molecule has 0 saturated heterocycles. The van der Waals surface area contributed by atoms with Gasteiger partial charge in [-0.05, 0) is 55.4 Å². The van der Waals surface area contributed by atoms with Crippen molar-refractivity contribution < 1.29 is 14.3 Å². The van der Waals surface area contributed by atoms with Gasteiger partial charge in [-0.25, -0.2) is 0 Å². The van der Waals surface area contributed by atoms with E-state index in [1.807, 2.05) is 31.3 Å². The molecule has 0 saturated carbocycles. The number of hydrogen-bond acceptors (Lipinski definition) is 6. The molecule has 0 bridgehead atoms. The molecular weight excluding hydrogens is 406 g/mol. The highest BCUT2D eigenvalue weighted by molar-refractivity contribution is 6.04. The lowest BCUT2D eigenvalue weighted by atomic mass is 10.1. The molecule has 0 atom stereocenters. The van der Waals surface area contributed by atoms with E-state index in [2.05, 4.69) is 21.8 Å². The fraction of sp³-hybridized carbons (Fsp3) is 0.292. The largest absolute Gasteiger partial charge is 0.497 e. The van der Waals surface area contributed by atoms with Crippen molar-refractivity contribution >= 4 is 11.6 Å². The Morgan fingerprint density at radius 1 is 1.19 bits per heavy atom. The number of anilines is 1. The molecule has 0 aliphatic carbocycles. The molecule has 3 rings (SSSR count). The first kappa shape index (κ1) is 22.8. The Kier molecular flexibility index (Phi) is 8.23. The predicted molar refractivity (Wildman–Crippen MR) is 123 cm³/mol. The number of benzene rings is 2. The van der Waals surface area contributed by atoms with E-state index >= 15 is 0 Å². The van der Waals surface area contributed by atoms with Gasteiger partial charge in [0.1, 0.15) is 18.1 Å². The van der Waals surface area contributed by atoms with Crippen LogP contribution in [-0.2, 0) is 7.05 Å². The minimum absolute atomic E-state index is 0.227.